The van der Waals surface area contributed by atoms with E-state index in [-0.39, 0.29) is 29.9 Å². The van der Waals surface area contributed by atoms with Crippen molar-refractivity contribution < 1.29 is 29.6 Å². The number of aliphatic hydroxyl groups is 2. The average molecular weight is 341 g/mol. The van der Waals surface area contributed by atoms with Gasteiger partial charge in [-0.05, 0) is 33.3 Å². The summed E-state index contributed by atoms with van der Waals surface area (Å²) in [7, 11) is 0. The van der Waals surface area contributed by atoms with Gasteiger partial charge in [0.25, 0.3) is 0 Å². The lowest BCUT2D eigenvalue weighted by Gasteiger charge is -2.21. The lowest BCUT2D eigenvalue weighted by atomic mass is 10.0. The number of amides is 1. The van der Waals surface area contributed by atoms with Gasteiger partial charge in [0, 0.05) is 18.3 Å². The third kappa shape index (κ3) is 6.01. The van der Waals surface area contributed by atoms with E-state index in [1.165, 1.54) is 6.20 Å². The normalized spacial score (nSPS) is 13.9. The first-order valence-corrected chi connectivity index (χ1v) is 7.33. The van der Waals surface area contributed by atoms with Gasteiger partial charge >= 0.3 is 12.1 Å². The molecule has 9 nitrogen and oxygen atoms in total. The molecule has 24 heavy (non-hydrogen) atoms. The number of carboxylic acid groups (broad SMARTS) is 1. The van der Waals surface area contributed by atoms with Crippen LogP contribution in [0.25, 0.3) is 0 Å². The van der Waals surface area contributed by atoms with Gasteiger partial charge in [0.15, 0.2) is 0 Å². The quantitative estimate of drug-likeness (QED) is 0.505. The number of nitrogens with zero attached hydrogens (tertiary/aromatic N) is 1. The summed E-state index contributed by atoms with van der Waals surface area (Å²) in [5.74, 6) is -1.46. The standard InChI is InChI=1S/C15H23N3O6/c1-15(2,3)24-14(23)17-5-4-10(19)11(20)8-6-9(13(21)22)12(16)18-7-8/h6-7,10-11,19-20H,4-5H2,1-3H3,(H2,16,18)(H,17,23)(H,21,22). The molecule has 6 N–H and O–H groups in total. The Bertz CT molecular complexity index is 599. The number of aromatic nitrogens is 1. The number of nitrogens with one attached hydrogen (secondary N) is 1. The molecule has 1 amide bonds. The molecular weight excluding hydrogens is 318 g/mol. The molecule has 0 aromatic carbocycles. The molecule has 1 aromatic heterocycles. The molecule has 0 spiro atoms. The number of nitrogen functional groups attached to an aromatic ring is 1. The Labute approximate surface area is 139 Å². The van der Waals surface area contributed by atoms with Gasteiger partial charge in [-0.15, -0.1) is 0 Å². The predicted molar refractivity (Wildman–Crippen MR) is 85.4 cm³/mol. The van der Waals surface area contributed by atoms with E-state index in [0.717, 1.165) is 6.07 Å². The van der Waals surface area contributed by atoms with Gasteiger partial charge < -0.3 is 31.1 Å². The fourth-order valence-corrected chi connectivity index (χ4v) is 1.84. The summed E-state index contributed by atoms with van der Waals surface area (Å²) in [4.78, 5) is 26.2. The van der Waals surface area contributed by atoms with Crippen LogP contribution in [0.2, 0.25) is 0 Å². The van der Waals surface area contributed by atoms with Gasteiger partial charge in [-0.3, -0.25) is 0 Å². The zero-order chi connectivity index (χ0) is 18.5. The van der Waals surface area contributed by atoms with Gasteiger partial charge in [-0.1, -0.05) is 0 Å². The van der Waals surface area contributed by atoms with Crippen LogP contribution in [0.3, 0.4) is 0 Å². The minimum absolute atomic E-state index is 0.0349. The molecule has 9 heteroatoms. The second-order valence-corrected chi connectivity index (χ2v) is 6.24. The maximum Gasteiger partial charge on any atom is 0.407 e. The highest BCUT2D eigenvalue weighted by Gasteiger charge is 2.22. The molecule has 0 bridgehead atoms. The van der Waals surface area contributed by atoms with E-state index in [2.05, 4.69) is 10.3 Å². The van der Waals surface area contributed by atoms with Crippen LogP contribution in [0, 0.1) is 0 Å². The Balaban J connectivity index is 2.59. The number of alkyl carbamates (subject to hydrolysis) is 1. The van der Waals surface area contributed by atoms with Gasteiger partial charge in [-0.2, -0.15) is 0 Å². The minimum Gasteiger partial charge on any atom is -0.478 e. The highest BCUT2D eigenvalue weighted by atomic mass is 16.6. The van der Waals surface area contributed by atoms with Crippen molar-refractivity contribution in [1.29, 1.82) is 0 Å². The molecule has 1 rings (SSSR count). The molecule has 1 aromatic rings. The van der Waals surface area contributed by atoms with E-state index in [0.29, 0.717) is 0 Å². The van der Waals surface area contributed by atoms with Gasteiger partial charge in [-0.25, -0.2) is 14.6 Å². The summed E-state index contributed by atoms with van der Waals surface area (Å²) >= 11 is 0. The van der Waals surface area contributed by atoms with Crippen molar-refractivity contribution in [1.82, 2.24) is 10.3 Å². The summed E-state index contributed by atoms with van der Waals surface area (Å²) in [6.45, 7) is 5.24. The Morgan fingerprint density at radius 2 is 2.00 bits per heavy atom. The molecule has 1 heterocycles. The van der Waals surface area contributed by atoms with E-state index >= 15 is 0 Å². The number of carbonyl (C=O) groups excluding carboxylic acids is 1. The Kier molecular flexibility index (Phi) is 6.50. The molecule has 0 radical (unpaired) electrons. The average Bonchev–Trinajstić information content (AvgIpc) is 2.44. The first kappa shape index (κ1) is 19.7. The van der Waals surface area contributed by atoms with Crippen molar-refractivity contribution in [3.05, 3.63) is 23.4 Å². The van der Waals surface area contributed by atoms with Crippen LogP contribution in [-0.4, -0.2) is 50.6 Å². The van der Waals surface area contributed by atoms with Gasteiger partial charge in [0.05, 0.1) is 6.10 Å². The van der Waals surface area contributed by atoms with Crippen molar-refractivity contribution in [2.75, 3.05) is 12.3 Å². The predicted octanol–water partition coefficient (Wildman–Crippen LogP) is 0.671. The molecule has 0 saturated heterocycles. The number of carbonyl (C=O) groups is 2. The molecular formula is C15H23N3O6. The molecule has 134 valence electrons. The Morgan fingerprint density at radius 1 is 1.38 bits per heavy atom. The minimum atomic E-state index is -1.36. The van der Waals surface area contributed by atoms with Crippen LogP contribution in [-0.2, 0) is 4.74 Å². The van der Waals surface area contributed by atoms with Crippen LogP contribution in [0.5, 0.6) is 0 Å². The maximum atomic E-state index is 11.5. The van der Waals surface area contributed by atoms with Crippen LogP contribution in [0.4, 0.5) is 10.6 Å². The third-order valence-electron chi connectivity index (χ3n) is 2.98. The second-order valence-electron chi connectivity index (χ2n) is 6.24. The van der Waals surface area contributed by atoms with E-state index in [1.807, 2.05) is 0 Å². The number of aliphatic hydroxyl groups excluding tert-OH is 2. The van der Waals surface area contributed by atoms with Crippen molar-refractivity contribution >= 4 is 17.9 Å². The van der Waals surface area contributed by atoms with Crippen molar-refractivity contribution in [2.24, 2.45) is 0 Å². The first-order chi connectivity index (χ1) is 11.0. The summed E-state index contributed by atoms with van der Waals surface area (Å²) in [5, 5.41) is 31.5. The lowest BCUT2D eigenvalue weighted by Crippen LogP contribution is -2.34. The van der Waals surface area contributed by atoms with Crippen molar-refractivity contribution in [3.8, 4) is 0 Å². The number of nitrogens with two attached hydrogens (primary N) is 1. The van der Waals surface area contributed by atoms with E-state index < -0.39 is 29.9 Å². The van der Waals surface area contributed by atoms with E-state index in [4.69, 9.17) is 15.6 Å². The number of aromatic carboxylic acids is 1. The number of hydrogen-bond acceptors (Lipinski definition) is 7. The Hall–Kier alpha value is -2.39. The first-order valence-electron chi connectivity index (χ1n) is 7.33. The lowest BCUT2D eigenvalue weighted by molar-refractivity contribution is 0.0120. The van der Waals surface area contributed by atoms with Crippen molar-refractivity contribution in [2.45, 2.75) is 45.0 Å². The fraction of sp³-hybridized carbons (Fsp3) is 0.533. The maximum absolute atomic E-state index is 11.5. The van der Waals surface area contributed by atoms with Crippen molar-refractivity contribution in [3.63, 3.8) is 0 Å². The highest BCUT2D eigenvalue weighted by molar-refractivity contribution is 5.92. The molecule has 0 aliphatic heterocycles. The fourth-order valence-electron chi connectivity index (χ4n) is 1.84. The topological polar surface area (TPSA) is 155 Å². The third-order valence-corrected chi connectivity index (χ3v) is 2.98. The smallest absolute Gasteiger partial charge is 0.407 e. The van der Waals surface area contributed by atoms with Gasteiger partial charge in [0.2, 0.25) is 0 Å². The molecule has 2 unspecified atom stereocenters. The number of pyridine rings is 1. The molecule has 2 atom stereocenters. The molecule has 0 saturated carbocycles. The van der Waals surface area contributed by atoms with E-state index in [9.17, 15) is 19.8 Å². The number of rotatable bonds is 6. The van der Waals surface area contributed by atoms with Crippen LogP contribution in [0.1, 0.15) is 49.2 Å². The number of hydrogen-bond donors (Lipinski definition) is 5. The zero-order valence-electron chi connectivity index (χ0n) is 13.8. The van der Waals surface area contributed by atoms with E-state index in [1.54, 1.807) is 20.8 Å². The molecule has 0 aliphatic carbocycles. The largest absolute Gasteiger partial charge is 0.478 e. The summed E-state index contributed by atoms with van der Waals surface area (Å²) in [6, 6.07) is 1.15. The van der Waals surface area contributed by atoms with Crippen LogP contribution >= 0.6 is 0 Å². The summed E-state index contributed by atoms with van der Waals surface area (Å²) in [6.07, 6.45) is -2.00. The number of carboxylic acids is 1. The van der Waals surface area contributed by atoms with Crippen LogP contribution < -0.4 is 11.1 Å². The monoisotopic (exact) mass is 341 g/mol. The number of anilines is 1. The van der Waals surface area contributed by atoms with Crippen LogP contribution in [0.15, 0.2) is 12.3 Å². The number of ether oxygens (including phenoxy) is 1. The highest BCUT2D eigenvalue weighted by Crippen LogP contribution is 2.21. The van der Waals surface area contributed by atoms with Gasteiger partial charge in [0.1, 0.15) is 23.1 Å². The zero-order valence-corrected chi connectivity index (χ0v) is 13.8. The SMILES string of the molecule is CC(C)(C)OC(=O)NCCC(O)C(O)c1cnc(N)c(C(=O)O)c1. The summed E-state index contributed by atoms with van der Waals surface area (Å²) in [5.41, 5.74) is 4.66. The molecule has 0 fully saturated rings. The Morgan fingerprint density at radius 3 is 2.54 bits per heavy atom. The second kappa shape index (κ2) is 7.93. The summed E-state index contributed by atoms with van der Waals surface area (Å²) < 4.78 is 5.04. The molecule has 0 aliphatic rings.